The van der Waals surface area contributed by atoms with E-state index >= 15 is 0 Å². The highest BCUT2D eigenvalue weighted by atomic mass is 32.2. The molecule has 0 bridgehead atoms. The van der Waals surface area contributed by atoms with Crippen LogP contribution in [-0.2, 0) is 10.9 Å². The first-order chi connectivity index (χ1) is 16.3. The van der Waals surface area contributed by atoms with Crippen LogP contribution in [0.15, 0.2) is 65.7 Å². The van der Waals surface area contributed by atoms with Gasteiger partial charge in [-0.15, -0.1) is 11.8 Å². The Balaban J connectivity index is 1.53. The highest BCUT2D eigenvalue weighted by Gasteiger charge is 2.36. The molecule has 0 spiro atoms. The van der Waals surface area contributed by atoms with Gasteiger partial charge in [0.2, 0.25) is 0 Å². The molecule has 1 saturated heterocycles. The van der Waals surface area contributed by atoms with Crippen LogP contribution in [-0.4, -0.2) is 37.5 Å². The first-order valence-electron chi connectivity index (χ1n) is 10.6. The number of aromatic nitrogens is 1. The summed E-state index contributed by atoms with van der Waals surface area (Å²) in [7, 11) is 3.93. The number of hydrogen-bond donors (Lipinski definition) is 1. The van der Waals surface area contributed by atoms with Crippen LogP contribution in [0.5, 0.6) is 0 Å². The highest BCUT2D eigenvalue weighted by Crippen LogP contribution is 2.38. The third-order valence-electron chi connectivity index (χ3n) is 5.45. The lowest BCUT2D eigenvalue weighted by atomic mass is 10.1. The molecular weight excluding hydrogens is 461 g/mol. The zero-order chi connectivity index (χ0) is 24.3. The second-order valence-electron chi connectivity index (χ2n) is 8.05. The summed E-state index contributed by atoms with van der Waals surface area (Å²) in [5, 5.41) is 12.9. The number of thioether (sulfide) groups is 1. The number of nitrogens with one attached hydrogen (secondary N) is 1. The second kappa shape index (κ2) is 10.1. The maximum Gasteiger partial charge on any atom is 0.417 e. The zero-order valence-corrected chi connectivity index (χ0v) is 19.5. The minimum absolute atomic E-state index is 0.0542. The first kappa shape index (κ1) is 24.1. The van der Waals surface area contributed by atoms with Crippen molar-refractivity contribution in [1.82, 2.24) is 10.3 Å². The zero-order valence-electron chi connectivity index (χ0n) is 18.6. The van der Waals surface area contributed by atoms with Crippen molar-refractivity contribution in [2.75, 3.05) is 31.3 Å². The number of benzene rings is 2. The minimum Gasteiger partial charge on any atom is -0.378 e. The molecule has 1 N–H and O–H groups in total. The summed E-state index contributed by atoms with van der Waals surface area (Å²) in [4.78, 5) is 6.42. The van der Waals surface area contributed by atoms with E-state index in [1.165, 1.54) is 0 Å². The van der Waals surface area contributed by atoms with Crippen molar-refractivity contribution in [3.05, 3.63) is 77.4 Å². The Bertz CT molecular complexity index is 1180. The number of halogens is 3. The molecule has 0 aliphatic carbocycles. The molecule has 2 atom stereocenters. The van der Waals surface area contributed by atoms with Gasteiger partial charge < -0.3 is 9.64 Å². The van der Waals surface area contributed by atoms with Crippen molar-refractivity contribution >= 4 is 17.4 Å². The van der Waals surface area contributed by atoms with Crippen LogP contribution < -0.4 is 10.2 Å². The third kappa shape index (κ3) is 5.36. The number of ether oxygens (including phenoxy) is 1. The monoisotopic (exact) mass is 484 g/mol. The molecule has 176 valence electrons. The Kier molecular flexibility index (Phi) is 7.12. The molecule has 5 nitrogen and oxygen atoms in total. The van der Waals surface area contributed by atoms with Crippen LogP contribution in [0.25, 0.3) is 11.3 Å². The van der Waals surface area contributed by atoms with Gasteiger partial charge >= 0.3 is 6.18 Å². The molecule has 9 heteroatoms. The van der Waals surface area contributed by atoms with Crippen molar-refractivity contribution in [3.8, 4) is 17.3 Å². The van der Waals surface area contributed by atoms with Crippen molar-refractivity contribution in [3.63, 3.8) is 0 Å². The van der Waals surface area contributed by atoms with Gasteiger partial charge in [0, 0.05) is 37.6 Å². The van der Waals surface area contributed by atoms with Gasteiger partial charge in [-0.1, -0.05) is 42.5 Å². The van der Waals surface area contributed by atoms with Crippen molar-refractivity contribution in [2.24, 2.45) is 0 Å². The summed E-state index contributed by atoms with van der Waals surface area (Å²) >= 11 is 1.11. The van der Waals surface area contributed by atoms with E-state index in [1.54, 1.807) is 36.4 Å². The van der Waals surface area contributed by atoms with Crippen LogP contribution in [0.1, 0.15) is 22.9 Å². The van der Waals surface area contributed by atoms with Gasteiger partial charge in [0.1, 0.15) is 17.3 Å². The number of hydrogen-bond acceptors (Lipinski definition) is 6. The Morgan fingerprint density at radius 1 is 1.15 bits per heavy atom. The molecule has 0 radical (unpaired) electrons. The fourth-order valence-electron chi connectivity index (χ4n) is 3.66. The average Bonchev–Trinajstić information content (AvgIpc) is 3.31. The Labute approximate surface area is 200 Å². The van der Waals surface area contributed by atoms with Crippen LogP contribution in [0, 0.1) is 11.3 Å². The summed E-state index contributed by atoms with van der Waals surface area (Å²) < 4.78 is 47.3. The summed E-state index contributed by atoms with van der Waals surface area (Å²) in [5.41, 5.74) is 1.34. The first-order valence-corrected chi connectivity index (χ1v) is 11.6. The molecule has 2 heterocycles. The summed E-state index contributed by atoms with van der Waals surface area (Å²) in [5.74, 6) is 0.358. The van der Waals surface area contributed by atoms with Gasteiger partial charge in [-0.05, 0) is 23.8 Å². The lowest BCUT2D eigenvalue weighted by molar-refractivity contribution is -0.138. The van der Waals surface area contributed by atoms with E-state index in [-0.39, 0.29) is 23.1 Å². The van der Waals surface area contributed by atoms with E-state index in [0.717, 1.165) is 29.1 Å². The Hall–Kier alpha value is -3.06. The number of pyridine rings is 1. The number of rotatable bonds is 6. The Morgan fingerprint density at radius 3 is 2.47 bits per heavy atom. The fourth-order valence-corrected chi connectivity index (χ4v) is 4.66. The van der Waals surface area contributed by atoms with Gasteiger partial charge in [-0.25, -0.2) is 4.98 Å². The Morgan fingerprint density at radius 2 is 1.85 bits per heavy atom. The summed E-state index contributed by atoms with van der Waals surface area (Å²) in [6.45, 7) is 0.541. The number of alkyl halides is 3. The van der Waals surface area contributed by atoms with E-state index < -0.39 is 17.3 Å². The molecule has 4 rings (SSSR count). The standard InChI is InChI=1S/C25H23F3N4OS/c1-32(2)18-10-8-17(9-11-18)23-30-14-19(33-23)15-34-24-20(13-29)21(25(26,27)28)12-22(31-24)16-6-4-3-5-7-16/h3-12,19,23,30H,14-15H2,1-2H3. The van der Waals surface area contributed by atoms with Gasteiger partial charge in [-0.2, -0.15) is 18.4 Å². The van der Waals surface area contributed by atoms with Crippen molar-refractivity contribution in [1.29, 1.82) is 5.26 Å². The summed E-state index contributed by atoms with van der Waals surface area (Å²) in [6.07, 6.45) is -5.21. The third-order valence-corrected chi connectivity index (χ3v) is 6.56. The van der Waals surface area contributed by atoms with E-state index in [9.17, 15) is 18.4 Å². The van der Waals surface area contributed by atoms with E-state index in [4.69, 9.17) is 4.74 Å². The molecule has 0 saturated carbocycles. The molecule has 0 amide bonds. The molecule has 1 aliphatic rings. The molecule has 1 aromatic heterocycles. The van der Waals surface area contributed by atoms with Gasteiger partial charge in [0.25, 0.3) is 0 Å². The van der Waals surface area contributed by atoms with Crippen LogP contribution in [0.4, 0.5) is 18.9 Å². The molecule has 2 unspecified atom stereocenters. The lowest BCUT2D eigenvalue weighted by Gasteiger charge is -2.17. The van der Waals surface area contributed by atoms with Crippen molar-refractivity contribution in [2.45, 2.75) is 23.5 Å². The van der Waals surface area contributed by atoms with E-state index in [1.807, 2.05) is 43.3 Å². The van der Waals surface area contributed by atoms with E-state index in [2.05, 4.69) is 10.3 Å². The molecule has 1 fully saturated rings. The van der Waals surface area contributed by atoms with Gasteiger partial charge in [-0.3, -0.25) is 5.32 Å². The molecule has 34 heavy (non-hydrogen) atoms. The topological polar surface area (TPSA) is 61.2 Å². The average molecular weight is 485 g/mol. The largest absolute Gasteiger partial charge is 0.417 e. The molecule has 1 aliphatic heterocycles. The number of anilines is 1. The number of nitriles is 1. The van der Waals surface area contributed by atoms with Gasteiger partial charge in [0.05, 0.1) is 22.9 Å². The van der Waals surface area contributed by atoms with Crippen LogP contribution >= 0.6 is 11.8 Å². The fraction of sp³-hybridized carbons (Fsp3) is 0.280. The smallest absolute Gasteiger partial charge is 0.378 e. The number of nitrogens with zero attached hydrogens (tertiary/aromatic N) is 3. The summed E-state index contributed by atoms with van der Waals surface area (Å²) in [6, 6.07) is 19.3. The molecular formula is C25H23F3N4OS. The van der Waals surface area contributed by atoms with Gasteiger partial charge in [0.15, 0.2) is 0 Å². The maximum atomic E-state index is 13.7. The maximum absolute atomic E-state index is 13.7. The predicted molar refractivity (Wildman–Crippen MR) is 126 cm³/mol. The normalized spacial score (nSPS) is 18.0. The highest BCUT2D eigenvalue weighted by molar-refractivity contribution is 7.99. The second-order valence-corrected chi connectivity index (χ2v) is 9.06. The van der Waals surface area contributed by atoms with E-state index in [0.29, 0.717) is 17.9 Å². The van der Waals surface area contributed by atoms with Crippen LogP contribution in [0.2, 0.25) is 0 Å². The predicted octanol–water partition coefficient (Wildman–Crippen LogP) is 5.48. The minimum atomic E-state index is -4.66. The lowest BCUT2D eigenvalue weighted by Crippen LogP contribution is -2.17. The van der Waals surface area contributed by atoms with Crippen molar-refractivity contribution < 1.29 is 17.9 Å². The molecule has 2 aromatic carbocycles. The molecule has 3 aromatic rings. The van der Waals surface area contributed by atoms with Crippen LogP contribution in [0.3, 0.4) is 0 Å². The quantitative estimate of drug-likeness (QED) is 0.468. The SMILES string of the molecule is CN(C)c1ccc(C2NCC(CSc3nc(-c4ccccc4)cc(C(F)(F)F)c3C#N)O2)cc1.